The summed E-state index contributed by atoms with van der Waals surface area (Å²) >= 11 is 6.75. The van der Waals surface area contributed by atoms with E-state index in [0.29, 0.717) is 17.9 Å². The Balaban J connectivity index is 2.16. The number of rotatable bonds is 3. The van der Waals surface area contributed by atoms with Crippen LogP contribution in [0.3, 0.4) is 0 Å². The van der Waals surface area contributed by atoms with Gasteiger partial charge in [0.25, 0.3) is 0 Å². The van der Waals surface area contributed by atoms with Crippen molar-refractivity contribution in [1.82, 2.24) is 0 Å². The van der Waals surface area contributed by atoms with Gasteiger partial charge in [-0.1, -0.05) is 34.1 Å². The van der Waals surface area contributed by atoms with Gasteiger partial charge in [-0.2, -0.15) is 5.26 Å². The van der Waals surface area contributed by atoms with Crippen LogP contribution in [0, 0.1) is 11.3 Å². The number of hydrogen-bond donors (Lipinski definition) is 0. The van der Waals surface area contributed by atoms with Gasteiger partial charge in [-0.25, -0.2) is 0 Å². The lowest BCUT2D eigenvalue weighted by molar-refractivity contribution is 0.305. The molecule has 2 aromatic carbocycles. The highest BCUT2D eigenvalue weighted by atomic mass is 79.9. The predicted octanol–water partition coefficient (Wildman–Crippen LogP) is 4.66. The average molecular weight is 367 g/mol. The summed E-state index contributed by atoms with van der Waals surface area (Å²) in [5, 5.41) is 9.07. The maximum absolute atomic E-state index is 9.07. The van der Waals surface area contributed by atoms with E-state index in [0.717, 1.165) is 14.5 Å². The Kier molecular flexibility index (Phi) is 4.40. The Morgan fingerprint density at radius 2 is 1.89 bits per heavy atom. The topological polar surface area (TPSA) is 33.0 Å². The van der Waals surface area contributed by atoms with E-state index >= 15 is 0 Å². The molecule has 0 saturated heterocycles. The molecule has 0 N–H and O–H groups in total. The third-order valence-electron chi connectivity index (χ3n) is 2.37. The first-order valence-electron chi connectivity index (χ1n) is 5.26. The van der Waals surface area contributed by atoms with E-state index in [9.17, 15) is 0 Å². The lowest BCUT2D eigenvalue weighted by Crippen LogP contribution is -1.97. The molecule has 4 heteroatoms. The van der Waals surface area contributed by atoms with Crippen LogP contribution in [-0.4, -0.2) is 0 Å². The Labute approximate surface area is 122 Å². The highest BCUT2D eigenvalue weighted by Gasteiger charge is 2.07. The number of nitrogens with zero attached hydrogens (tertiary/aromatic N) is 1. The van der Waals surface area contributed by atoms with Gasteiger partial charge in [-0.3, -0.25) is 0 Å². The van der Waals surface area contributed by atoms with Crippen molar-refractivity contribution in [3.8, 4) is 11.8 Å². The van der Waals surface area contributed by atoms with Crippen molar-refractivity contribution in [3.63, 3.8) is 0 Å². The molecule has 2 nitrogen and oxygen atoms in total. The minimum atomic E-state index is 0.435. The minimum Gasteiger partial charge on any atom is -0.487 e. The van der Waals surface area contributed by atoms with Gasteiger partial charge in [0.2, 0.25) is 0 Å². The van der Waals surface area contributed by atoms with Crippen LogP contribution in [0.15, 0.2) is 51.4 Å². The van der Waals surface area contributed by atoms with Crippen molar-refractivity contribution >= 4 is 31.9 Å². The molecule has 0 aliphatic rings. The van der Waals surface area contributed by atoms with Crippen molar-refractivity contribution < 1.29 is 4.74 Å². The quantitative estimate of drug-likeness (QED) is 0.791. The summed E-state index contributed by atoms with van der Waals surface area (Å²) in [4.78, 5) is 0. The molecule has 0 fully saturated rings. The largest absolute Gasteiger partial charge is 0.487 e. The Hall–Kier alpha value is -1.31. The molecule has 90 valence electrons. The van der Waals surface area contributed by atoms with Gasteiger partial charge in [0.15, 0.2) is 0 Å². The van der Waals surface area contributed by atoms with Gasteiger partial charge < -0.3 is 4.74 Å². The molecule has 2 rings (SSSR count). The number of halogens is 2. The van der Waals surface area contributed by atoms with Gasteiger partial charge in [0.05, 0.1) is 0 Å². The molecule has 0 atom stereocenters. The fourth-order valence-electron chi connectivity index (χ4n) is 1.52. The zero-order valence-corrected chi connectivity index (χ0v) is 12.5. The predicted molar refractivity (Wildman–Crippen MR) is 77.3 cm³/mol. The van der Waals surface area contributed by atoms with E-state index in [4.69, 9.17) is 10.00 Å². The monoisotopic (exact) mass is 365 g/mol. The number of nitriles is 1. The summed E-state index contributed by atoms with van der Waals surface area (Å²) in [6.45, 7) is 0.435. The first-order valence-corrected chi connectivity index (χ1v) is 6.85. The van der Waals surface area contributed by atoms with Crippen molar-refractivity contribution in [2.24, 2.45) is 0 Å². The van der Waals surface area contributed by atoms with Crippen molar-refractivity contribution in [2.75, 3.05) is 0 Å². The van der Waals surface area contributed by atoms with Crippen LogP contribution in [0.5, 0.6) is 5.75 Å². The summed E-state index contributed by atoms with van der Waals surface area (Å²) in [7, 11) is 0. The Morgan fingerprint density at radius 1 is 1.11 bits per heavy atom. The fraction of sp³-hybridized carbons (Fsp3) is 0.0714. The first-order chi connectivity index (χ1) is 8.70. The number of ether oxygens (including phenoxy) is 1. The SMILES string of the molecule is N#Cc1c(Br)cccc1OCc1cccc(Br)c1. The molecule has 0 amide bonds. The molecule has 0 radical (unpaired) electrons. The molecule has 0 saturated carbocycles. The van der Waals surface area contributed by atoms with Gasteiger partial charge in [0.1, 0.15) is 24.0 Å². The van der Waals surface area contributed by atoms with E-state index in [1.54, 1.807) is 6.07 Å². The third-order valence-corrected chi connectivity index (χ3v) is 3.52. The van der Waals surface area contributed by atoms with Gasteiger partial charge in [-0.05, 0) is 45.8 Å². The van der Waals surface area contributed by atoms with Crippen LogP contribution < -0.4 is 4.74 Å². The number of hydrogen-bond acceptors (Lipinski definition) is 2. The molecular weight excluding hydrogens is 358 g/mol. The van der Waals surface area contributed by atoms with Crippen LogP contribution in [0.25, 0.3) is 0 Å². The molecule has 0 aliphatic heterocycles. The van der Waals surface area contributed by atoms with Crippen molar-refractivity contribution in [1.29, 1.82) is 5.26 Å². The smallest absolute Gasteiger partial charge is 0.138 e. The lowest BCUT2D eigenvalue weighted by atomic mass is 10.2. The highest BCUT2D eigenvalue weighted by molar-refractivity contribution is 9.10. The summed E-state index contributed by atoms with van der Waals surface area (Å²) < 4.78 is 7.44. The minimum absolute atomic E-state index is 0.435. The number of benzene rings is 2. The van der Waals surface area contributed by atoms with Gasteiger partial charge in [-0.15, -0.1) is 0 Å². The molecule has 2 aromatic rings. The summed E-state index contributed by atoms with van der Waals surface area (Å²) in [6, 6.07) is 15.5. The van der Waals surface area contributed by atoms with E-state index in [1.807, 2.05) is 36.4 Å². The summed E-state index contributed by atoms with van der Waals surface area (Å²) in [6.07, 6.45) is 0. The second-order valence-electron chi connectivity index (χ2n) is 3.64. The van der Waals surface area contributed by atoms with Crippen molar-refractivity contribution in [2.45, 2.75) is 6.61 Å². The zero-order chi connectivity index (χ0) is 13.0. The second-order valence-corrected chi connectivity index (χ2v) is 5.41. The van der Waals surface area contributed by atoms with Gasteiger partial charge in [0, 0.05) is 8.95 Å². The highest BCUT2D eigenvalue weighted by Crippen LogP contribution is 2.26. The van der Waals surface area contributed by atoms with Crippen LogP contribution in [-0.2, 0) is 6.61 Å². The van der Waals surface area contributed by atoms with Crippen LogP contribution in [0.2, 0.25) is 0 Å². The van der Waals surface area contributed by atoms with E-state index in [1.165, 1.54) is 0 Å². The fourth-order valence-corrected chi connectivity index (χ4v) is 2.40. The van der Waals surface area contributed by atoms with E-state index in [2.05, 4.69) is 37.9 Å². The Morgan fingerprint density at radius 3 is 2.61 bits per heavy atom. The average Bonchev–Trinajstić information content (AvgIpc) is 2.36. The maximum atomic E-state index is 9.07. The third kappa shape index (κ3) is 3.12. The lowest BCUT2D eigenvalue weighted by Gasteiger charge is -2.09. The second kappa shape index (κ2) is 6.03. The maximum Gasteiger partial charge on any atom is 0.138 e. The zero-order valence-electron chi connectivity index (χ0n) is 9.36. The molecule has 0 unspecified atom stereocenters. The molecule has 18 heavy (non-hydrogen) atoms. The molecule has 0 spiro atoms. The van der Waals surface area contributed by atoms with E-state index in [-0.39, 0.29) is 0 Å². The van der Waals surface area contributed by atoms with E-state index < -0.39 is 0 Å². The molecule has 0 bridgehead atoms. The molecule has 0 heterocycles. The molecule has 0 aliphatic carbocycles. The van der Waals surface area contributed by atoms with Crippen LogP contribution in [0.1, 0.15) is 11.1 Å². The first kappa shape index (κ1) is 13.1. The molecule has 0 aromatic heterocycles. The Bertz CT molecular complexity index is 605. The van der Waals surface area contributed by atoms with Gasteiger partial charge >= 0.3 is 0 Å². The molecular formula is C14H9Br2NO. The standard InChI is InChI=1S/C14H9Br2NO/c15-11-4-1-3-10(7-11)9-18-14-6-2-5-13(16)12(14)8-17/h1-7H,9H2. The normalized spacial score (nSPS) is 9.83. The van der Waals surface area contributed by atoms with Crippen LogP contribution >= 0.6 is 31.9 Å². The van der Waals surface area contributed by atoms with Crippen molar-refractivity contribution in [3.05, 3.63) is 62.5 Å². The van der Waals surface area contributed by atoms with Crippen LogP contribution in [0.4, 0.5) is 0 Å². The summed E-state index contributed by atoms with van der Waals surface area (Å²) in [5.41, 5.74) is 1.57. The summed E-state index contributed by atoms with van der Waals surface area (Å²) in [5.74, 6) is 0.590.